The predicted molar refractivity (Wildman–Crippen MR) is 81.8 cm³/mol. The lowest BCUT2D eigenvalue weighted by molar-refractivity contribution is -0.122. The molecular weight excluding hydrogens is 288 g/mol. The molecule has 6 heteroatoms. The van der Waals surface area contributed by atoms with Crippen LogP contribution in [0, 0.1) is 0 Å². The van der Waals surface area contributed by atoms with Gasteiger partial charge in [0.1, 0.15) is 11.1 Å². The second kappa shape index (κ2) is 5.97. The summed E-state index contributed by atoms with van der Waals surface area (Å²) in [6.07, 6.45) is 0.709. The van der Waals surface area contributed by atoms with Gasteiger partial charge in [0.25, 0.3) is 5.91 Å². The van der Waals surface area contributed by atoms with Crippen molar-refractivity contribution in [1.82, 2.24) is 10.0 Å². The third-order valence-corrected chi connectivity index (χ3v) is 3.72. The fourth-order valence-corrected chi connectivity index (χ4v) is 2.42. The Kier molecular flexibility index (Phi) is 4.46. The standard InChI is InChI=1S/C15H20N2O3S/c1-14(2,3)20-13(19)16-15(9-10-15)12(18)17-21-11-7-5-4-6-8-11/h4-8H,9-10H2,1-3H3,(H,16,19)(H,17,18). The van der Waals surface area contributed by atoms with Crippen molar-refractivity contribution in [3.63, 3.8) is 0 Å². The van der Waals surface area contributed by atoms with E-state index in [1.54, 1.807) is 20.8 Å². The minimum Gasteiger partial charge on any atom is -0.444 e. The number of nitrogens with one attached hydrogen (secondary N) is 2. The second-order valence-electron chi connectivity index (χ2n) is 6.06. The fourth-order valence-electron chi connectivity index (χ4n) is 1.72. The molecule has 0 saturated heterocycles. The minimum atomic E-state index is -0.815. The van der Waals surface area contributed by atoms with Crippen molar-refractivity contribution in [2.24, 2.45) is 0 Å². The van der Waals surface area contributed by atoms with E-state index >= 15 is 0 Å². The molecule has 0 unspecified atom stereocenters. The van der Waals surface area contributed by atoms with E-state index in [9.17, 15) is 9.59 Å². The Labute approximate surface area is 129 Å². The molecule has 0 spiro atoms. The number of carbonyl (C=O) groups is 2. The second-order valence-corrected chi connectivity index (χ2v) is 6.93. The molecule has 2 amide bonds. The van der Waals surface area contributed by atoms with Gasteiger partial charge in [-0.05, 0) is 57.7 Å². The van der Waals surface area contributed by atoms with Gasteiger partial charge in [0.2, 0.25) is 0 Å². The molecule has 114 valence electrons. The van der Waals surface area contributed by atoms with Crippen LogP contribution in [-0.2, 0) is 9.53 Å². The summed E-state index contributed by atoms with van der Waals surface area (Å²) in [5, 5.41) is 2.67. The van der Waals surface area contributed by atoms with Crippen molar-refractivity contribution < 1.29 is 14.3 Å². The van der Waals surface area contributed by atoms with E-state index < -0.39 is 17.2 Å². The molecule has 0 aliphatic heterocycles. The van der Waals surface area contributed by atoms with Gasteiger partial charge in [-0.15, -0.1) is 0 Å². The highest BCUT2D eigenvalue weighted by Gasteiger charge is 2.52. The average Bonchev–Trinajstić information content (AvgIpc) is 3.15. The molecule has 1 aromatic carbocycles. The van der Waals surface area contributed by atoms with E-state index in [1.165, 1.54) is 11.9 Å². The summed E-state index contributed by atoms with van der Waals surface area (Å²) < 4.78 is 7.97. The predicted octanol–water partition coefficient (Wildman–Crippen LogP) is 2.87. The van der Waals surface area contributed by atoms with E-state index in [4.69, 9.17) is 4.74 Å². The molecule has 1 aliphatic carbocycles. The zero-order chi connectivity index (χ0) is 15.5. The topological polar surface area (TPSA) is 67.4 Å². The van der Waals surface area contributed by atoms with Crippen molar-refractivity contribution in [2.75, 3.05) is 0 Å². The van der Waals surface area contributed by atoms with Crippen LogP contribution in [0.15, 0.2) is 35.2 Å². The highest BCUT2D eigenvalue weighted by molar-refractivity contribution is 7.98. The van der Waals surface area contributed by atoms with Crippen LogP contribution in [-0.4, -0.2) is 23.1 Å². The highest BCUT2D eigenvalue weighted by atomic mass is 32.2. The van der Waals surface area contributed by atoms with Crippen LogP contribution in [0.1, 0.15) is 33.6 Å². The Bertz CT molecular complexity index is 521. The molecule has 2 N–H and O–H groups in total. The Morgan fingerprint density at radius 2 is 1.81 bits per heavy atom. The Morgan fingerprint density at radius 1 is 1.19 bits per heavy atom. The molecule has 0 bridgehead atoms. The summed E-state index contributed by atoms with van der Waals surface area (Å²) >= 11 is 1.24. The van der Waals surface area contributed by atoms with E-state index in [0.717, 1.165) is 4.90 Å². The molecule has 1 aliphatic rings. The van der Waals surface area contributed by atoms with E-state index in [0.29, 0.717) is 12.8 Å². The number of alkyl carbamates (subject to hydrolysis) is 1. The van der Waals surface area contributed by atoms with Crippen molar-refractivity contribution in [3.05, 3.63) is 30.3 Å². The number of carbonyl (C=O) groups excluding carboxylic acids is 2. The van der Waals surface area contributed by atoms with Crippen LogP contribution in [0.5, 0.6) is 0 Å². The maximum absolute atomic E-state index is 12.2. The molecule has 1 saturated carbocycles. The molecule has 0 atom stereocenters. The Morgan fingerprint density at radius 3 is 2.33 bits per heavy atom. The third-order valence-electron chi connectivity index (χ3n) is 2.93. The van der Waals surface area contributed by atoms with Gasteiger partial charge in [0, 0.05) is 4.90 Å². The molecule has 21 heavy (non-hydrogen) atoms. The minimum absolute atomic E-state index is 0.192. The van der Waals surface area contributed by atoms with Crippen molar-refractivity contribution >= 4 is 23.9 Å². The van der Waals surface area contributed by atoms with Gasteiger partial charge in [-0.2, -0.15) is 0 Å². The lowest BCUT2D eigenvalue weighted by Gasteiger charge is -2.22. The molecule has 0 radical (unpaired) electrons. The maximum Gasteiger partial charge on any atom is 0.408 e. The zero-order valence-corrected chi connectivity index (χ0v) is 13.3. The SMILES string of the molecule is CC(C)(C)OC(=O)NC1(C(=O)NSc2ccccc2)CC1. The van der Waals surface area contributed by atoms with Gasteiger partial charge in [0.15, 0.2) is 0 Å². The van der Waals surface area contributed by atoms with Crippen LogP contribution >= 0.6 is 11.9 Å². The van der Waals surface area contributed by atoms with Crippen LogP contribution in [0.25, 0.3) is 0 Å². The molecule has 0 heterocycles. The lowest BCUT2D eigenvalue weighted by atomic mass is 10.2. The first-order chi connectivity index (χ1) is 9.81. The normalized spacial score (nSPS) is 16.0. The van der Waals surface area contributed by atoms with Gasteiger partial charge < -0.3 is 10.1 Å². The number of benzene rings is 1. The fraction of sp³-hybridized carbons (Fsp3) is 0.467. The molecular formula is C15H20N2O3S. The molecule has 0 aromatic heterocycles. The smallest absolute Gasteiger partial charge is 0.408 e. The van der Waals surface area contributed by atoms with Crippen molar-refractivity contribution in [3.8, 4) is 0 Å². The maximum atomic E-state index is 12.2. The summed E-state index contributed by atoms with van der Waals surface area (Å²) in [5.74, 6) is -0.192. The number of ether oxygens (including phenoxy) is 1. The Hall–Kier alpha value is -1.69. The number of hydrogen-bond acceptors (Lipinski definition) is 4. The van der Waals surface area contributed by atoms with Crippen LogP contribution in [0.3, 0.4) is 0 Å². The Balaban J connectivity index is 1.85. The lowest BCUT2D eigenvalue weighted by Crippen LogP contribution is -2.48. The van der Waals surface area contributed by atoms with Gasteiger partial charge in [-0.25, -0.2) is 4.79 Å². The van der Waals surface area contributed by atoms with Gasteiger partial charge in [0.05, 0.1) is 0 Å². The summed E-state index contributed by atoms with van der Waals surface area (Å²) in [4.78, 5) is 24.9. The first kappa shape index (κ1) is 15.7. The number of amides is 2. The van der Waals surface area contributed by atoms with E-state index in [2.05, 4.69) is 10.0 Å². The first-order valence-corrected chi connectivity index (χ1v) is 7.66. The van der Waals surface area contributed by atoms with Gasteiger partial charge >= 0.3 is 6.09 Å². The largest absolute Gasteiger partial charge is 0.444 e. The average molecular weight is 308 g/mol. The summed E-state index contributed by atoms with van der Waals surface area (Å²) in [5.41, 5.74) is -1.39. The molecule has 1 fully saturated rings. The van der Waals surface area contributed by atoms with Crippen LogP contribution < -0.4 is 10.0 Å². The number of hydrogen-bond donors (Lipinski definition) is 2. The van der Waals surface area contributed by atoms with Crippen LogP contribution in [0.2, 0.25) is 0 Å². The van der Waals surface area contributed by atoms with E-state index in [1.807, 2.05) is 30.3 Å². The van der Waals surface area contributed by atoms with Gasteiger partial charge in [-0.3, -0.25) is 9.52 Å². The van der Waals surface area contributed by atoms with Crippen LogP contribution in [0.4, 0.5) is 4.79 Å². The summed E-state index contributed by atoms with van der Waals surface area (Å²) in [7, 11) is 0. The molecule has 2 rings (SSSR count). The third kappa shape index (κ3) is 4.67. The molecule has 5 nitrogen and oxygen atoms in total. The highest BCUT2D eigenvalue weighted by Crippen LogP contribution is 2.36. The summed E-state index contributed by atoms with van der Waals surface area (Å²) in [6.45, 7) is 5.37. The number of rotatable bonds is 4. The van der Waals surface area contributed by atoms with Crippen molar-refractivity contribution in [2.45, 2.75) is 49.6 Å². The zero-order valence-electron chi connectivity index (χ0n) is 12.4. The summed E-state index contributed by atoms with van der Waals surface area (Å²) in [6, 6.07) is 9.54. The molecule has 1 aromatic rings. The quantitative estimate of drug-likeness (QED) is 0.839. The van der Waals surface area contributed by atoms with Gasteiger partial charge in [-0.1, -0.05) is 18.2 Å². The van der Waals surface area contributed by atoms with E-state index in [-0.39, 0.29) is 5.91 Å². The van der Waals surface area contributed by atoms with Crippen molar-refractivity contribution in [1.29, 1.82) is 0 Å². The first-order valence-electron chi connectivity index (χ1n) is 6.84. The monoisotopic (exact) mass is 308 g/mol.